The predicted molar refractivity (Wildman–Crippen MR) is 79.1 cm³/mol. The number of hydrogen-bond donors (Lipinski definition) is 2. The Morgan fingerprint density at radius 1 is 1.20 bits per heavy atom. The summed E-state index contributed by atoms with van der Waals surface area (Å²) in [6.07, 6.45) is 0. The normalized spacial score (nSPS) is 11.6. The molecule has 2 aromatic rings. The van der Waals surface area contributed by atoms with Gasteiger partial charge in [-0.15, -0.1) is 0 Å². The van der Waals surface area contributed by atoms with Crippen LogP contribution in [-0.2, 0) is 0 Å². The largest absolute Gasteiger partial charge is 0.351 e. The van der Waals surface area contributed by atoms with Crippen molar-refractivity contribution in [3.8, 4) is 0 Å². The van der Waals surface area contributed by atoms with Crippen molar-refractivity contribution in [2.24, 2.45) is 11.1 Å². The maximum atomic E-state index is 13.7. The molecule has 0 atom stereocenters. The molecular formula is C16H19FN2O. The highest BCUT2D eigenvalue weighted by molar-refractivity contribution is 6.07. The molecule has 0 saturated heterocycles. The van der Waals surface area contributed by atoms with Crippen molar-refractivity contribution in [1.29, 1.82) is 0 Å². The number of carbonyl (C=O) groups excluding carboxylic acids is 1. The number of nitrogens with two attached hydrogens (primary N) is 1. The molecule has 0 aliphatic carbocycles. The number of nitrogens with one attached hydrogen (secondary N) is 1. The van der Waals surface area contributed by atoms with Crippen LogP contribution in [-0.4, -0.2) is 19.0 Å². The maximum Gasteiger partial charge on any atom is 0.251 e. The van der Waals surface area contributed by atoms with Crippen LogP contribution < -0.4 is 11.1 Å². The van der Waals surface area contributed by atoms with Gasteiger partial charge >= 0.3 is 0 Å². The van der Waals surface area contributed by atoms with Gasteiger partial charge in [-0.3, -0.25) is 4.79 Å². The number of hydrogen-bond acceptors (Lipinski definition) is 2. The molecule has 0 aliphatic heterocycles. The molecular weight excluding hydrogens is 255 g/mol. The van der Waals surface area contributed by atoms with Gasteiger partial charge in [0.25, 0.3) is 5.91 Å². The molecule has 0 unspecified atom stereocenters. The molecule has 0 aliphatic rings. The van der Waals surface area contributed by atoms with Gasteiger partial charge in [0, 0.05) is 17.5 Å². The van der Waals surface area contributed by atoms with Gasteiger partial charge in [-0.05, 0) is 29.5 Å². The molecule has 0 aromatic heterocycles. The summed E-state index contributed by atoms with van der Waals surface area (Å²) in [5, 5.41) is 3.94. The van der Waals surface area contributed by atoms with E-state index in [-0.39, 0.29) is 17.1 Å². The Hall–Kier alpha value is -1.94. The molecule has 4 heteroatoms. The first-order valence-corrected chi connectivity index (χ1v) is 6.60. The van der Waals surface area contributed by atoms with Crippen molar-refractivity contribution in [3.63, 3.8) is 0 Å². The molecule has 0 heterocycles. The van der Waals surface area contributed by atoms with Crippen LogP contribution in [0.25, 0.3) is 10.8 Å². The molecule has 0 saturated carbocycles. The van der Waals surface area contributed by atoms with Gasteiger partial charge in [-0.2, -0.15) is 0 Å². The topological polar surface area (TPSA) is 55.1 Å². The highest BCUT2D eigenvalue weighted by atomic mass is 19.1. The lowest BCUT2D eigenvalue weighted by Gasteiger charge is -2.22. The van der Waals surface area contributed by atoms with Crippen molar-refractivity contribution in [3.05, 3.63) is 47.8 Å². The zero-order chi connectivity index (χ0) is 14.8. The Bertz CT molecular complexity index is 637. The molecule has 3 nitrogen and oxygen atoms in total. The summed E-state index contributed by atoms with van der Waals surface area (Å²) in [5.74, 6) is -0.526. The maximum absolute atomic E-state index is 13.7. The Labute approximate surface area is 118 Å². The Morgan fingerprint density at radius 2 is 1.85 bits per heavy atom. The van der Waals surface area contributed by atoms with Crippen molar-refractivity contribution in [2.45, 2.75) is 13.8 Å². The third kappa shape index (κ3) is 2.96. The molecule has 1 amide bonds. The van der Waals surface area contributed by atoms with Crippen LogP contribution in [0.1, 0.15) is 24.2 Å². The van der Waals surface area contributed by atoms with E-state index in [1.807, 2.05) is 13.8 Å². The van der Waals surface area contributed by atoms with E-state index in [0.717, 1.165) is 0 Å². The van der Waals surface area contributed by atoms with Crippen LogP contribution in [0.2, 0.25) is 0 Å². The molecule has 106 valence electrons. The van der Waals surface area contributed by atoms with Crippen LogP contribution in [0, 0.1) is 11.2 Å². The molecule has 2 rings (SSSR count). The highest BCUT2D eigenvalue weighted by Gasteiger charge is 2.18. The quantitative estimate of drug-likeness (QED) is 0.900. The number of halogens is 1. The van der Waals surface area contributed by atoms with Gasteiger partial charge in [0.15, 0.2) is 0 Å². The second-order valence-corrected chi connectivity index (χ2v) is 5.69. The zero-order valence-corrected chi connectivity index (χ0v) is 11.7. The zero-order valence-electron chi connectivity index (χ0n) is 11.7. The lowest BCUT2D eigenvalue weighted by molar-refractivity contribution is 0.0939. The van der Waals surface area contributed by atoms with E-state index in [2.05, 4.69) is 5.32 Å². The summed E-state index contributed by atoms with van der Waals surface area (Å²) < 4.78 is 13.7. The molecule has 20 heavy (non-hydrogen) atoms. The van der Waals surface area contributed by atoms with Gasteiger partial charge in [0.2, 0.25) is 0 Å². The van der Waals surface area contributed by atoms with Crippen LogP contribution in [0.3, 0.4) is 0 Å². The first-order valence-electron chi connectivity index (χ1n) is 6.60. The van der Waals surface area contributed by atoms with Crippen LogP contribution in [0.5, 0.6) is 0 Å². The summed E-state index contributed by atoms with van der Waals surface area (Å²) in [6, 6.07) is 9.81. The summed E-state index contributed by atoms with van der Waals surface area (Å²) in [7, 11) is 0. The van der Waals surface area contributed by atoms with Crippen molar-refractivity contribution < 1.29 is 9.18 Å². The number of fused-ring (bicyclic) bond motifs is 1. The lowest BCUT2D eigenvalue weighted by atomic mass is 9.93. The van der Waals surface area contributed by atoms with Crippen molar-refractivity contribution >= 4 is 16.7 Å². The third-order valence-electron chi connectivity index (χ3n) is 3.40. The lowest BCUT2D eigenvalue weighted by Crippen LogP contribution is -2.38. The Kier molecular flexibility index (Phi) is 4.04. The summed E-state index contributed by atoms with van der Waals surface area (Å²) >= 11 is 0. The SMILES string of the molecule is CC(C)(CN)CNC(=O)c1ccc(F)c2ccccc12. The first kappa shape index (κ1) is 14.5. The Balaban J connectivity index is 2.29. The second kappa shape index (κ2) is 5.59. The summed E-state index contributed by atoms with van der Waals surface area (Å²) in [5.41, 5.74) is 5.96. The number of rotatable bonds is 4. The van der Waals surface area contributed by atoms with E-state index < -0.39 is 0 Å². The van der Waals surface area contributed by atoms with Gasteiger partial charge < -0.3 is 11.1 Å². The predicted octanol–water partition coefficient (Wildman–Crippen LogP) is 2.69. The van der Waals surface area contributed by atoms with E-state index in [1.54, 1.807) is 24.3 Å². The Morgan fingerprint density at radius 3 is 2.50 bits per heavy atom. The van der Waals surface area contributed by atoms with E-state index in [0.29, 0.717) is 29.4 Å². The fourth-order valence-corrected chi connectivity index (χ4v) is 1.95. The molecule has 0 spiro atoms. The fourth-order valence-electron chi connectivity index (χ4n) is 1.95. The second-order valence-electron chi connectivity index (χ2n) is 5.69. The van der Waals surface area contributed by atoms with Crippen LogP contribution in [0.15, 0.2) is 36.4 Å². The fraction of sp³-hybridized carbons (Fsp3) is 0.312. The van der Waals surface area contributed by atoms with E-state index in [4.69, 9.17) is 5.73 Å². The van der Waals surface area contributed by atoms with Gasteiger partial charge in [-0.25, -0.2) is 4.39 Å². The summed E-state index contributed by atoms with van der Waals surface area (Å²) in [6.45, 7) is 4.93. The van der Waals surface area contributed by atoms with E-state index in [9.17, 15) is 9.18 Å². The standard InChI is InChI=1S/C16H19FN2O/c1-16(2,9-18)10-19-15(20)13-7-8-14(17)12-6-4-3-5-11(12)13/h3-8H,9-10,18H2,1-2H3,(H,19,20). The molecule has 0 fully saturated rings. The molecule has 0 bridgehead atoms. The first-order chi connectivity index (χ1) is 9.44. The van der Waals surface area contributed by atoms with Crippen molar-refractivity contribution in [2.75, 3.05) is 13.1 Å². The highest BCUT2D eigenvalue weighted by Crippen LogP contribution is 2.22. The number of amides is 1. The van der Waals surface area contributed by atoms with Crippen LogP contribution >= 0.6 is 0 Å². The smallest absolute Gasteiger partial charge is 0.251 e. The van der Waals surface area contributed by atoms with E-state index in [1.165, 1.54) is 12.1 Å². The number of benzene rings is 2. The minimum absolute atomic E-state index is 0.161. The number of carbonyl (C=O) groups is 1. The minimum atomic E-state index is -0.320. The molecule has 2 aromatic carbocycles. The minimum Gasteiger partial charge on any atom is -0.351 e. The van der Waals surface area contributed by atoms with E-state index >= 15 is 0 Å². The molecule has 3 N–H and O–H groups in total. The van der Waals surface area contributed by atoms with Crippen LogP contribution in [0.4, 0.5) is 4.39 Å². The van der Waals surface area contributed by atoms with Gasteiger partial charge in [-0.1, -0.05) is 38.1 Å². The monoisotopic (exact) mass is 274 g/mol. The molecule has 0 radical (unpaired) electrons. The average molecular weight is 274 g/mol. The van der Waals surface area contributed by atoms with Gasteiger partial charge in [0.05, 0.1) is 0 Å². The van der Waals surface area contributed by atoms with Crippen molar-refractivity contribution in [1.82, 2.24) is 5.32 Å². The summed E-state index contributed by atoms with van der Waals surface area (Å²) in [4.78, 5) is 12.3. The van der Waals surface area contributed by atoms with Gasteiger partial charge in [0.1, 0.15) is 5.82 Å². The average Bonchev–Trinajstić information content (AvgIpc) is 2.46. The third-order valence-corrected chi connectivity index (χ3v) is 3.40.